The first-order valence-electron chi connectivity index (χ1n) is 9.31. The van der Waals surface area contributed by atoms with Crippen molar-refractivity contribution in [3.8, 4) is 0 Å². The highest BCUT2D eigenvalue weighted by Gasteiger charge is 2.21. The molecule has 146 valence electrons. The first-order valence-corrected chi connectivity index (χ1v) is 10.8. The van der Waals surface area contributed by atoms with Gasteiger partial charge in [0.1, 0.15) is 0 Å². The first kappa shape index (κ1) is 21.1. The van der Waals surface area contributed by atoms with Gasteiger partial charge in [-0.25, -0.2) is 8.42 Å². The normalized spacial score (nSPS) is 12.7. The Balaban J connectivity index is 1.92. The molecule has 2 aromatic rings. The molecule has 0 bridgehead atoms. The van der Waals surface area contributed by atoms with E-state index in [4.69, 9.17) is 0 Å². The highest BCUT2D eigenvalue weighted by atomic mass is 32.2. The average Bonchev–Trinajstić information content (AvgIpc) is 2.68. The number of amides is 1. The lowest BCUT2D eigenvalue weighted by atomic mass is 10.1. The van der Waals surface area contributed by atoms with Crippen molar-refractivity contribution in [3.05, 3.63) is 65.7 Å². The fraction of sp³-hybridized carbons (Fsp3) is 0.381. The van der Waals surface area contributed by atoms with Crippen molar-refractivity contribution in [2.75, 3.05) is 13.1 Å². The number of hydrogen-bond acceptors (Lipinski definition) is 3. The number of rotatable bonds is 9. The number of aryl methyl sites for hydroxylation is 1. The SMILES string of the molecule is CCN(CC)S(=O)(=O)c1ccc(CCC(=O)N[C@H](C)c2ccccc2)cc1. The third-order valence-electron chi connectivity index (χ3n) is 4.58. The minimum absolute atomic E-state index is 0.0220. The van der Waals surface area contributed by atoms with Crippen LogP contribution in [0.5, 0.6) is 0 Å². The largest absolute Gasteiger partial charge is 0.350 e. The third-order valence-corrected chi connectivity index (χ3v) is 6.65. The van der Waals surface area contributed by atoms with Crippen molar-refractivity contribution in [1.82, 2.24) is 9.62 Å². The monoisotopic (exact) mass is 388 g/mol. The second kappa shape index (κ2) is 9.67. The summed E-state index contributed by atoms with van der Waals surface area (Å²) in [5, 5.41) is 2.99. The fourth-order valence-electron chi connectivity index (χ4n) is 2.94. The van der Waals surface area contributed by atoms with Crippen molar-refractivity contribution in [2.45, 2.75) is 44.6 Å². The van der Waals surface area contributed by atoms with E-state index in [0.717, 1.165) is 11.1 Å². The molecule has 0 heterocycles. The molecule has 0 saturated carbocycles. The standard InChI is InChI=1S/C21H28N2O3S/c1-4-23(5-2)27(25,26)20-14-11-18(12-15-20)13-16-21(24)22-17(3)19-9-7-6-8-10-19/h6-12,14-15,17H,4-5,13,16H2,1-3H3,(H,22,24)/t17-/m1/s1. The maximum Gasteiger partial charge on any atom is 0.243 e. The molecule has 0 aliphatic rings. The minimum atomic E-state index is -3.44. The predicted octanol–water partition coefficient (Wildman–Crippen LogP) is 3.53. The summed E-state index contributed by atoms with van der Waals surface area (Å²) in [5.74, 6) is -0.0220. The second-order valence-corrected chi connectivity index (χ2v) is 8.37. The molecule has 0 aliphatic carbocycles. The Morgan fingerprint density at radius 1 is 1.00 bits per heavy atom. The second-order valence-electron chi connectivity index (χ2n) is 6.43. The summed E-state index contributed by atoms with van der Waals surface area (Å²) in [6, 6.07) is 16.6. The molecule has 2 rings (SSSR count). The summed E-state index contributed by atoms with van der Waals surface area (Å²) in [5.41, 5.74) is 2.01. The number of benzene rings is 2. The molecule has 0 aromatic heterocycles. The van der Waals surface area contributed by atoms with Crippen LogP contribution in [0.2, 0.25) is 0 Å². The van der Waals surface area contributed by atoms with E-state index in [0.29, 0.717) is 25.9 Å². The van der Waals surface area contributed by atoms with E-state index in [2.05, 4.69) is 5.32 Å². The molecule has 0 aliphatic heterocycles. The first-order chi connectivity index (χ1) is 12.9. The van der Waals surface area contributed by atoms with E-state index in [1.54, 1.807) is 24.3 Å². The average molecular weight is 389 g/mol. The summed E-state index contributed by atoms with van der Waals surface area (Å²) >= 11 is 0. The Bertz CT molecular complexity index is 829. The molecule has 1 amide bonds. The van der Waals surface area contributed by atoms with Crippen molar-refractivity contribution in [1.29, 1.82) is 0 Å². The number of hydrogen-bond donors (Lipinski definition) is 1. The van der Waals surface area contributed by atoms with Gasteiger partial charge in [-0.15, -0.1) is 0 Å². The van der Waals surface area contributed by atoms with Gasteiger partial charge in [-0.2, -0.15) is 4.31 Å². The van der Waals surface area contributed by atoms with E-state index in [-0.39, 0.29) is 16.8 Å². The highest BCUT2D eigenvalue weighted by molar-refractivity contribution is 7.89. The molecule has 0 unspecified atom stereocenters. The Hall–Kier alpha value is -2.18. The summed E-state index contributed by atoms with van der Waals surface area (Å²) in [6.45, 7) is 6.50. The molecule has 0 fully saturated rings. The number of carbonyl (C=O) groups is 1. The van der Waals surface area contributed by atoms with E-state index in [9.17, 15) is 13.2 Å². The smallest absolute Gasteiger partial charge is 0.243 e. The van der Waals surface area contributed by atoms with Gasteiger partial charge >= 0.3 is 0 Å². The number of nitrogens with one attached hydrogen (secondary N) is 1. The zero-order valence-corrected chi connectivity index (χ0v) is 17.0. The molecule has 27 heavy (non-hydrogen) atoms. The zero-order valence-electron chi connectivity index (χ0n) is 16.2. The molecular formula is C21H28N2O3S. The van der Waals surface area contributed by atoms with Crippen LogP contribution in [0.25, 0.3) is 0 Å². The van der Waals surface area contributed by atoms with Gasteiger partial charge in [-0.3, -0.25) is 4.79 Å². The van der Waals surface area contributed by atoms with Crippen molar-refractivity contribution >= 4 is 15.9 Å². The lowest BCUT2D eigenvalue weighted by molar-refractivity contribution is -0.121. The zero-order chi connectivity index (χ0) is 19.9. The van der Waals surface area contributed by atoms with Crippen molar-refractivity contribution in [3.63, 3.8) is 0 Å². The van der Waals surface area contributed by atoms with Crippen molar-refractivity contribution < 1.29 is 13.2 Å². The molecule has 0 saturated heterocycles. The molecule has 0 spiro atoms. The van der Waals surface area contributed by atoms with E-state index >= 15 is 0 Å². The van der Waals surface area contributed by atoms with Gasteiger partial charge in [0.15, 0.2) is 0 Å². The highest BCUT2D eigenvalue weighted by Crippen LogP contribution is 2.17. The Labute approximate surface area is 162 Å². The fourth-order valence-corrected chi connectivity index (χ4v) is 4.40. The molecule has 2 aromatic carbocycles. The van der Waals surface area contributed by atoms with E-state index < -0.39 is 10.0 Å². The van der Waals surface area contributed by atoms with Gasteiger partial charge in [-0.05, 0) is 36.6 Å². The molecule has 1 N–H and O–H groups in total. The molecule has 0 radical (unpaired) electrons. The topological polar surface area (TPSA) is 66.5 Å². The van der Waals surface area contributed by atoms with Crippen LogP contribution < -0.4 is 5.32 Å². The third kappa shape index (κ3) is 5.65. The van der Waals surface area contributed by atoms with Crippen LogP contribution in [0.3, 0.4) is 0 Å². The van der Waals surface area contributed by atoms with Gasteiger partial charge in [-0.1, -0.05) is 56.3 Å². The van der Waals surface area contributed by atoms with Crippen molar-refractivity contribution in [2.24, 2.45) is 0 Å². The van der Waals surface area contributed by atoms with Crippen LogP contribution in [-0.2, 0) is 21.2 Å². The summed E-state index contributed by atoms with van der Waals surface area (Å²) in [7, 11) is -3.44. The summed E-state index contributed by atoms with van der Waals surface area (Å²) in [4.78, 5) is 12.5. The van der Waals surface area contributed by atoms with Gasteiger partial charge in [0.25, 0.3) is 0 Å². The van der Waals surface area contributed by atoms with Crippen LogP contribution in [-0.4, -0.2) is 31.7 Å². The summed E-state index contributed by atoms with van der Waals surface area (Å²) < 4.78 is 26.4. The molecule has 1 atom stereocenters. The lowest BCUT2D eigenvalue weighted by Gasteiger charge is -2.18. The van der Waals surface area contributed by atoms with Crippen LogP contribution in [0.4, 0.5) is 0 Å². The van der Waals surface area contributed by atoms with Crippen LogP contribution >= 0.6 is 0 Å². The van der Waals surface area contributed by atoms with Crippen LogP contribution in [0, 0.1) is 0 Å². The number of nitrogens with zero attached hydrogens (tertiary/aromatic N) is 1. The molecule has 5 nitrogen and oxygen atoms in total. The Morgan fingerprint density at radius 3 is 2.15 bits per heavy atom. The predicted molar refractivity (Wildman–Crippen MR) is 108 cm³/mol. The Morgan fingerprint density at radius 2 is 1.59 bits per heavy atom. The minimum Gasteiger partial charge on any atom is -0.350 e. The maximum atomic E-state index is 12.5. The Kier molecular flexibility index (Phi) is 7.56. The summed E-state index contributed by atoms with van der Waals surface area (Å²) in [6.07, 6.45) is 0.929. The molecular weight excluding hydrogens is 360 g/mol. The van der Waals surface area contributed by atoms with Crippen LogP contribution in [0.1, 0.15) is 44.4 Å². The van der Waals surface area contributed by atoms with Gasteiger partial charge < -0.3 is 5.32 Å². The van der Waals surface area contributed by atoms with E-state index in [1.165, 1.54) is 4.31 Å². The van der Waals surface area contributed by atoms with Gasteiger partial charge in [0.2, 0.25) is 15.9 Å². The van der Waals surface area contributed by atoms with E-state index in [1.807, 2.05) is 51.1 Å². The maximum absolute atomic E-state index is 12.5. The lowest BCUT2D eigenvalue weighted by Crippen LogP contribution is -2.30. The van der Waals surface area contributed by atoms with Gasteiger partial charge in [0.05, 0.1) is 10.9 Å². The van der Waals surface area contributed by atoms with Gasteiger partial charge in [0, 0.05) is 19.5 Å². The van der Waals surface area contributed by atoms with Crippen LogP contribution in [0.15, 0.2) is 59.5 Å². The quantitative estimate of drug-likeness (QED) is 0.715. The molecule has 6 heteroatoms. The number of carbonyl (C=O) groups excluding carboxylic acids is 1. The number of sulfonamides is 1.